The second kappa shape index (κ2) is 10.9. The van der Waals surface area contributed by atoms with Crippen molar-refractivity contribution in [2.75, 3.05) is 27.4 Å². The van der Waals surface area contributed by atoms with Gasteiger partial charge in [0.15, 0.2) is 11.5 Å². The maximum atomic E-state index is 11.6. The van der Waals surface area contributed by atoms with Gasteiger partial charge in [-0.15, -0.1) is 0 Å². The predicted molar refractivity (Wildman–Crippen MR) is 131 cm³/mol. The molecule has 0 bridgehead atoms. The quantitative estimate of drug-likeness (QED) is 0.271. The van der Waals surface area contributed by atoms with Gasteiger partial charge in [0.2, 0.25) is 6.29 Å². The zero-order valence-electron chi connectivity index (χ0n) is 21.3. The number of carbonyl (C=O) groups is 2. The Balaban J connectivity index is 1.30. The van der Waals surface area contributed by atoms with Crippen LogP contribution in [0.1, 0.15) is 34.9 Å². The number of ether oxygens (including phenoxy) is 6. The lowest BCUT2D eigenvalue weighted by molar-refractivity contribution is -0.278. The number of esters is 1. The van der Waals surface area contributed by atoms with Gasteiger partial charge in [-0.3, -0.25) is 9.59 Å². The number of hydrogen-bond donors (Lipinski definition) is 4. The van der Waals surface area contributed by atoms with Crippen molar-refractivity contribution in [2.45, 2.75) is 55.4 Å². The monoisotopic (exact) mass is 546 g/mol. The minimum atomic E-state index is -1.66. The van der Waals surface area contributed by atoms with Crippen LogP contribution in [0.3, 0.4) is 0 Å². The number of methoxy groups -OCH3 is 2. The van der Waals surface area contributed by atoms with Crippen molar-refractivity contribution >= 4 is 11.9 Å². The van der Waals surface area contributed by atoms with Crippen LogP contribution in [0.2, 0.25) is 0 Å². The number of carbonyl (C=O) groups excluding carboxylic acids is 1. The summed E-state index contributed by atoms with van der Waals surface area (Å²) in [4.78, 5) is 22.2. The molecule has 1 fully saturated rings. The third-order valence-electron chi connectivity index (χ3n) is 7.42. The first-order valence-corrected chi connectivity index (χ1v) is 12.5. The van der Waals surface area contributed by atoms with E-state index in [4.69, 9.17) is 33.5 Å². The zero-order chi connectivity index (χ0) is 27.8. The van der Waals surface area contributed by atoms with Crippen molar-refractivity contribution in [2.24, 2.45) is 0 Å². The molecule has 12 nitrogen and oxygen atoms in total. The van der Waals surface area contributed by atoms with Crippen molar-refractivity contribution in [3.8, 4) is 23.0 Å². The van der Waals surface area contributed by atoms with Gasteiger partial charge in [-0.05, 0) is 29.7 Å². The Morgan fingerprint density at radius 2 is 1.74 bits per heavy atom. The molecule has 4 N–H and O–H groups in total. The third kappa shape index (κ3) is 5.08. The second-order valence-electron chi connectivity index (χ2n) is 9.68. The first-order chi connectivity index (χ1) is 18.7. The smallest absolute Gasteiger partial charge is 0.317 e. The molecule has 0 radical (unpaired) electrons. The van der Waals surface area contributed by atoms with Gasteiger partial charge in [0.1, 0.15) is 48.9 Å². The molecule has 5 rings (SSSR count). The van der Waals surface area contributed by atoms with Crippen molar-refractivity contribution in [3.63, 3.8) is 0 Å². The number of carboxylic acid groups (broad SMARTS) is 1. The van der Waals surface area contributed by atoms with Crippen LogP contribution in [-0.2, 0) is 25.5 Å². The first kappa shape index (κ1) is 27.0. The molecule has 2 aromatic rings. The van der Waals surface area contributed by atoms with Crippen LogP contribution in [0.25, 0.3) is 0 Å². The van der Waals surface area contributed by atoms with Crippen LogP contribution in [0, 0.1) is 0 Å². The molecule has 3 aliphatic rings. The minimum absolute atomic E-state index is 0.142. The van der Waals surface area contributed by atoms with Gasteiger partial charge >= 0.3 is 11.9 Å². The molecule has 39 heavy (non-hydrogen) atoms. The highest BCUT2D eigenvalue weighted by Crippen LogP contribution is 2.54. The number of aliphatic hydroxyl groups excluding tert-OH is 3. The van der Waals surface area contributed by atoms with Crippen LogP contribution < -0.4 is 18.9 Å². The van der Waals surface area contributed by atoms with Gasteiger partial charge in [0.05, 0.1) is 20.8 Å². The fraction of sp³-hybridized carbons (Fsp3) is 0.481. The molecule has 0 unspecified atom stereocenters. The zero-order valence-corrected chi connectivity index (χ0v) is 21.3. The van der Waals surface area contributed by atoms with Crippen molar-refractivity contribution in [1.29, 1.82) is 0 Å². The lowest BCUT2D eigenvalue weighted by atomic mass is 9.85. The lowest BCUT2D eigenvalue weighted by Crippen LogP contribution is -2.60. The minimum Gasteiger partial charge on any atom is -0.493 e. The average molecular weight is 547 g/mol. The fourth-order valence-corrected chi connectivity index (χ4v) is 5.51. The highest BCUT2D eigenvalue weighted by atomic mass is 16.7. The summed E-state index contributed by atoms with van der Waals surface area (Å²) in [6, 6.07) is 9.18. The molecule has 1 aliphatic carbocycles. The summed E-state index contributed by atoms with van der Waals surface area (Å²) in [5.74, 6) is 0.177. The first-order valence-electron chi connectivity index (χ1n) is 12.5. The van der Waals surface area contributed by atoms with Gasteiger partial charge in [0.25, 0.3) is 0 Å². The number of fused-ring (bicyclic) bond motifs is 5. The van der Waals surface area contributed by atoms with Crippen LogP contribution in [0.15, 0.2) is 30.3 Å². The summed E-state index contributed by atoms with van der Waals surface area (Å²) < 4.78 is 33.4. The Morgan fingerprint density at radius 3 is 2.46 bits per heavy atom. The fourth-order valence-electron chi connectivity index (χ4n) is 5.51. The normalized spacial score (nSPS) is 28.8. The van der Waals surface area contributed by atoms with Crippen molar-refractivity contribution < 1.29 is 58.4 Å². The lowest BCUT2D eigenvalue weighted by Gasteiger charge is -2.40. The highest BCUT2D eigenvalue weighted by Gasteiger charge is 2.46. The standard InChI is InChI=1S/C27H30O12/c1-34-18-6-5-13-16(26(18)35-2)8-15-14-4-3-12(7-19(14)36-10-17(13)15)38-27-25(33)24(32)23(31)20(39-27)11-37-22(30)9-21(28)29/h3-7,15,17,20,23-25,27,31-33H,8-11H2,1-2H3,(H,28,29)/t15-,17-,20+,23+,24-,25+,27+/m0/s1. The van der Waals surface area contributed by atoms with E-state index in [2.05, 4.69) is 0 Å². The molecule has 0 spiro atoms. The van der Waals surface area contributed by atoms with E-state index in [0.29, 0.717) is 18.1 Å². The van der Waals surface area contributed by atoms with E-state index < -0.39 is 55.7 Å². The largest absolute Gasteiger partial charge is 0.493 e. The maximum Gasteiger partial charge on any atom is 0.317 e. The Bertz CT molecular complexity index is 1250. The van der Waals surface area contributed by atoms with E-state index in [-0.39, 0.29) is 17.6 Å². The topological polar surface area (TPSA) is 170 Å². The number of aliphatic hydroxyl groups is 3. The Morgan fingerprint density at radius 1 is 0.974 bits per heavy atom. The molecule has 7 atom stereocenters. The molecule has 0 aromatic heterocycles. The van der Waals surface area contributed by atoms with E-state index in [0.717, 1.165) is 28.9 Å². The highest BCUT2D eigenvalue weighted by molar-refractivity contribution is 5.90. The van der Waals surface area contributed by atoms with Crippen LogP contribution in [-0.4, -0.2) is 90.5 Å². The Kier molecular flexibility index (Phi) is 7.54. The molecule has 2 aliphatic heterocycles. The van der Waals surface area contributed by atoms with E-state index in [1.165, 1.54) is 0 Å². The predicted octanol–water partition coefficient (Wildman–Crippen LogP) is 0.724. The summed E-state index contributed by atoms with van der Waals surface area (Å²) in [7, 11) is 3.23. The van der Waals surface area contributed by atoms with Crippen molar-refractivity contribution in [1.82, 2.24) is 0 Å². The van der Waals surface area contributed by atoms with Gasteiger partial charge in [-0.1, -0.05) is 12.1 Å². The summed E-state index contributed by atoms with van der Waals surface area (Å²) in [6.45, 7) is -0.0943. The van der Waals surface area contributed by atoms with Gasteiger partial charge in [0, 0.05) is 23.5 Å². The molecule has 2 aromatic carbocycles. The molecule has 12 heteroatoms. The summed E-state index contributed by atoms with van der Waals surface area (Å²) in [5, 5.41) is 39.7. The third-order valence-corrected chi connectivity index (χ3v) is 7.42. The SMILES string of the molecule is COc1ccc2c(c1OC)C[C@H]1c3ccc(O[C@@H]4O[C@H](COC(=O)CC(=O)O)[C@@H](O)[C@H](O)[C@H]4O)cc3OC[C@@H]21. The number of carboxylic acids is 1. The molecule has 210 valence electrons. The van der Waals surface area contributed by atoms with Gasteiger partial charge < -0.3 is 48.8 Å². The molecule has 2 heterocycles. The molecule has 0 amide bonds. The molecule has 0 saturated carbocycles. The Labute approximate surface area is 223 Å². The van der Waals surface area contributed by atoms with E-state index >= 15 is 0 Å². The van der Waals surface area contributed by atoms with E-state index in [9.17, 15) is 24.9 Å². The number of hydrogen-bond acceptors (Lipinski definition) is 11. The van der Waals surface area contributed by atoms with E-state index in [1.54, 1.807) is 26.4 Å². The van der Waals surface area contributed by atoms with Crippen LogP contribution >= 0.6 is 0 Å². The van der Waals surface area contributed by atoms with Gasteiger partial charge in [-0.25, -0.2) is 0 Å². The van der Waals surface area contributed by atoms with E-state index in [1.807, 2.05) is 18.2 Å². The summed E-state index contributed by atoms with van der Waals surface area (Å²) in [5.41, 5.74) is 3.23. The number of rotatable bonds is 8. The van der Waals surface area contributed by atoms with Crippen LogP contribution in [0.4, 0.5) is 0 Å². The summed E-state index contributed by atoms with van der Waals surface area (Å²) in [6.07, 6.45) is -7.66. The Hall–Kier alpha value is -3.58. The molecular formula is C27H30O12. The number of benzene rings is 2. The maximum absolute atomic E-state index is 11.6. The van der Waals surface area contributed by atoms with Gasteiger partial charge in [-0.2, -0.15) is 0 Å². The second-order valence-corrected chi connectivity index (χ2v) is 9.68. The molecule has 1 saturated heterocycles. The number of aliphatic carboxylic acids is 1. The van der Waals surface area contributed by atoms with Crippen LogP contribution in [0.5, 0.6) is 23.0 Å². The van der Waals surface area contributed by atoms with Crippen molar-refractivity contribution in [3.05, 3.63) is 47.0 Å². The molecular weight excluding hydrogens is 516 g/mol. The average Bonchev–Trinajstić information content (AvgIpc) is 3.30. The summed E-state index contributed by atoms with van der Waals surface area (Å²) >= 11 is 0.